The highest BCUT2D eigenvalue weighted by Crippen LogP contribution is 2.25. The Morgan fingerprint density at radius 1 is 1.19 bits per heavy atom. The third-order valence-corrected chi connectivity index (χ3v) is 4.10. The fourth-order valence-electron chi connectivity index (χ4n) is 3.05. The van der Waals surface area contributed by atoms with Gasteiger partial charge in [0.05, 0.1) is 0 Å². The lowest BCUT2D eigenvalue weighted by Crippen LogP contribution is -2.09. The maximum atomic E-state index is 4.39. The largest absolute Gasteiger partial charge is 0.369 e. The van der Waals surface area contributed by atoms with Crippen LogP contribution in [0.5, 0.6) is 0 Å². The van der Waals surface area contributed by atoms with Crippen molar-refractivity contribution in [2.24, 2.45) is 0 Å². The van der Waals surface area contributed by atoms with Crippen LogP contribution in [-0.4, -0.2) is 26.5 Å². The molecular weight excluding hydrogens is 262 g/mol. The number of hydrogen-bond donors (Lipinski definition) is 2. The fraction of sp³-hybridized carbons (Fsp3) is 0.312. The van der Waals surface area contributed by atoms with E-state index in [1.165, 1.54) is 28.6 Å². The topological polar surface area (TPSA) is 66.5 Å². The van der Waals surface area contributed by atoms with Gasteiger partial charge in [0.1, 0.15) is 17.8 Å². The molecule has 0 atom stereocenters. The SMILES string of the molecule is c1cnc2[nH]cc(CCNc3ncnc4c3CCC4)c2c1. The lowest BCUT2D eigenvalue weighted by atomic mass is 10.1. The maximum absolute atomic E-state index is 4.39. The second-order valence-corrected chi connectivity index (χ2v) is 5.39. The second kappa shape index (κ2) is 5.16. The minimum Gasteiger partial charge on any atom is -0.369 e. The number of fused-ring (bicyclic) bond motifs is 2. The average Bonchev–Trinajstić information content (AvgIpc) is 3.15. The smallest absolute Gasteiger partial charge is 0.137 e. The highest BCUT2D eigenvalue weighted by molar-refractivity contribution is 5.79. The zero-order valence-corrected chi connectivity index (χ0v) is 11.8. The molecule has 0 radical (unpaired) electrons. The molecule has 1 aliphatic carbocycles. The Kier molecular flexibility index (Phi) is 3.03. The molecule has 1 aliphatic rings. The molecule has 5 heteroatoms. The summed E-state index contributed by atoms with van der Waals surface area (Å²) in [6.07, 6.45) is 9.84. The molecule has 0 aliphatic heterocycles. The Labute approximate surface area is 122 Å². The van der Waals surface area contributed by atoms with E-state index in [-0.39, 0.29) is 0 Å². The molecule has 0 spiro atoms. The summed E-state index contributed by atoms with van der Waals surface area (Å²) in [5, 5.41) is 4.66. The van der Waals surface area contributed by atoms with Gasteiger partial charge in [0, 0.05) is 35.6 Å². The summed E-state index contributed by atoms with van der Waals surface area (Å²) in [7, 11) is 0. The molecule has 21 heavy (non-hydrogen) atoms. The number of nitrogens with zero attached hydrogens (tertiary/aromatic N) is 3. The molecule has 0 unspecified atom stereocenters. The van der Waals surface area contributed by atoms with Crippen molar-refractivity contribution in [3.05, 3.63) is 47.7 Å². The fourth-order valence-corrected chi connectivity index (χ4v) is 3.05. The van der Waals surface area contributed by atoms with E-state index < -0.39 is 0 Å². The molecular formula is C16H17N5. The van der Waals surface area contributed by atoms with Gasteiger partial charge in [-0.3, -0.25) is 0 Å². The molecule has 0 fully saturated rings. The minimum atomic E-state index is 0.866. The molecule has 2 N–H and O–H groups in total. The summed E-state index contributed by atoms with van der Waals surface area (Å²) in [4.78, 5) is 16.3. The van der Waals surface area contributed by atoms with E-state index in [1.807, 2.05) is 18.5 Å². The van der Waals surface area contributed by atoms with Crippen molar-refractivity contribution in [3.8, 4) is 0 Å². The molecule has 0 saturated carbocycles. The van der Waals surface area contributed by atoms with Crippen LogP contribution >= 0.6 is 0 Å². The van der Waals surface area contributed by atoms with Gasteiger partial charge in [-0.25, -0.2) is 15.0 Å². The van der Waals surface area contributed by atoms with E-state index in [0.29, 0.717) is 0 Å². The van der Waals surface area contributed by atoms with Gasteiger partial charge in [0.15, 0.2) is 0 Å². The number of pyridine rings is 1. The van der Waals surface area contributed by atoms with E-state index in [1.54, 1.807) is 6.33 Å². The first-order valence-corrected chi connectivity index (χ1v) is 7.39. The minimum absolute atomic E-state index is 0.866. The molecule has 3 heterocycles. The number of aromatic amines is 1. The van der Waals surface area contributed by atoms with Crippen LogP contribution < -0.4 is 5.32 Å². The van der Waals surface area contributed by atoms with Crippen LogP contribution in [0.2, 0.25) is 0 Å². The van der Waals surface area contributed by atoms with Crippen molar-refractivity contribution < 1.29 is 0 Å². The van der Waals surface area contributed by atoms with E-state index in [0.717, 1.165) is 37.3 Å². The van der Waals surface area contributed by atoms with Crippen molar-refractivity contribution in [2.45, 2.75) is 25.7 Å². The zero-order chi connectivity index (χ0) is 14.1. The Balaban J connectivity index is 1.47. The van der Waals surface area contributed by atoms with Crippen molar-refractivity contribution in [1.82, 2.24) is 19.9 Å². The van der Waals surface area contributed by atoms with Crippen LogP contribution in [0.15, 0.2) is 30.9 Å². The van der Waals surface area contributed by atoms with E-state index in [4.69, 9.17) is 0 Å². The van der Waals surface area contributed by atoms with Crippen molar-refractivity contribution in [3.63, 3.8) is 0 Å². The number of aromatic nitrogens is 4. The van der Waals surface area contributed by atoms with Gasteiger partial charge >= 0.3 is 0 Å². The van der Waals surface area contributed by atoms with Gasteiger partial charge in [0.2, 0.25) is 0 Å². The first-order valence-electron chi connectivity index (χ1n) is 7.39. The lowest BCUT2D eigenvalue weighted by Gasteiger charge is -2.09. The second-order valence-electron chi connectivity index (χ2n) is 5.39. The average molecular weight is 279 g/mol. The molecule has 0 saturated heterocycles. The number of aryl methyl sites for hydroxylation is 1. The predicted molar refractivity (Wildman–Crippen MR) is 82.3 cm³/mol. The number of hydrogen-bond acceptors (Lipinski definition) is 4. The van der Waals surface area contributed by atoms with Crippen LogP contribution in [0.3, 0.4) is 0 Å². The summed E-state index contributed by atoms with van der Waals surface area (Å²) >= 11 is 0. The molecule has 4 rings (SSSR count). The molecule has 0 bridgehead atoms. The van der Waals surface area contributed by atoms with E-state index in [2.05, 4.69) is 31.3 Å². The molecule has 0 amide bonds. The van der Waals surface area contributed by atoms with E-state index >= 15 is 0 Å². The van der Waals surface area contributed by atoms with Crippen molar-refractivity contribution in [1.29, 1.82) is 0 Å². The van der Waals surface area contributed by atoms with Gasteiger partial charge in [-0.05, 0) is 43.4 Å². The third-order valence-electron chi connectivity index (χ3n) is 4.10. The standard InChI is InChI=1S/C16H17N5/c1-3-13-14(5-1)20-10-21-16(13)18-8-6-11-9-19-15-12(11)4-2-7-17-15/h2,4,7,9-10H,1,3,5-6,8H2,(H,17,19)(H,18,20,21). The Morgan fingerprint density at radius 3 is 3.19 bits per heavy atom. The normalized spacial score (nSPS) is 13.5. The van der Waals surface area contributed by atoms with Crippen LogP contribution in [0.4, 0.5) is 5.82 Å². The molecule has 3 aromatic heterocycles. The first-order chi connectivity index (χ1) is 10.4. The van der Waals surface area contributed by atoms with Gasteiger partial charge in [-0.15, -0.1) is 0 Å². The summed E-state index contributed by atoms with van der Waals surface area (Å²) in [5.41, 5.74) is 4.76. The lowest BCUT2D eigenvalue weighted by molar-refractivity contribution is 0.899. The van der Waals surface area contributed by atoms with Crippen LogP contribution in [0.1, 0.15) is 23.2 Å². The van der Waals surface area contributed by atoms with Crippen LogP contribution in [-0.2, 0) is 19.3 Å². The molecule has 3 aromatic rings. The van der Waals surface area contributed by atoms with Crippen molar-refractivity contribution in [2.75, 3.05) is 11.9 Å². The monoisotopic (exact) mass is 279 g/mol. The Bertz CT molecular complexity index is 777. The number of anilines is 1. The first kappa shape index (κ1) is 12.3. The van der Waals surface area contributed by atoms with Gasteiger partial charge in [-0.2, -0.15) is 0 Å². The highest BCUT2D eigenvalue weighted by atomic mass is 15.0. The van der Waals surface area contributed by atoms with Gasteiger partial charge < -0.3 is 10.3 Å². The van der Waals surface area contributed by atoms with Crippen molar-refractivity contribution >= 4 is 16.9 Å². The van der Waals surface area contributed by atoms with Gasteiger partial charge in [-0.1, -0.05) is 0 Å². The third kappa shape index (κ3) is 2.24. The molecule has 5 nitrogen and oxygen atoms in total. The predicted octanol–water partition coefficient (Wildman–Crippen LogP) is 2.50. The van der Waals surface area contributed by atoms with Gasteiger partial charge in [0.25, 0.3) is 0 Å². The summed E-state index contributed by atoms with van der Waals surface area (Å²) in [6.45, 7) is 0.866. The Morgan fingerprint density at radius 2 is 2.19 bits per heavy atom. The zero-order valence-electron chi connectivity index (χ0n) is 11.8. The van der Waals surface area contributed by atoms with Crippen LogP contribution in [0.25, 0.3) is 11.0 Å². The van der Waals surface area contributed by atoms with Crippen LogP contribution in [0, 0.1) is 0 Å². The maximum Gasteiger partial charge on any atom is 0.137 e. The quantitative estimate of drug-likeness (QED) is 0.770. The molecule has 106 valence electrons. The summed E-state index contributed by atoms with van der Waals surface area (Å²) in [5.74, 6) is 1.01. The molecule has 0 aromatic carbocycles. The summed E-state index contributed by atoms with van der Waals surface area (Å²) in [6, 6.07) is 4.08. The number of H-pyrrole nitrogens is 1. The summed E-state index contributed by atoms with van der Waals surface area (Å²) < 4.78 is 0. The number of nitrogens with one attached hydrogen (secondary N) is 2. The van der Waals surface area contributed by atoms with E-state index in [9.17, 15) is 0 Å². The number of rotatable bonds is 4. The Hall–Kier alpha value is -2.43. The highest BCUT2D eigenvalue weighted by Gasteiger charge is 2.16.